The average Bonchev–Trinajstić information content (AvgIpc) is 2.38. The van der Waals surface area contributed by atoms with Gasteiger partial charge >= 0.3 is 0 Å². The van der Waals surface area contributed by atoms with Gasteiger partial charge in [0.2, 0.25) is 0 Å². The van der Waals surface area contributed by atoms with Crippen molar-refractivity contribution in [3.63, 3.8) is 0 Å². The summed E-state index contributed by atoms with van der Waals surface area (Å²) in [7, 11) is 0. The van der Waals surface area contributed by atoms with E-state index in [1.807, 2.05) is 18.5 Å². The number of rotatable bonds is 4. The largest absolute Gasteiger partial charge is 0.310 e. The third kappa shape index (κ3) is 3.17. The van der Waals surface area contributed by atoms with Crippen LogP contribution in [0.1, 0.15) is 37.8 Å². The predicted molar refractivity (Wildman–Crippen MR) is 67.1 cm³/mol. The van der Waals surface area contributed by atoms with E-state index in [1.165, 1.54) is 24.8 Å². The minimum absolute atomic E-state index is 0.402. The quantitative estimate of drug-likeness (QED) is 0.782. The van der Waals surface area contributed by atoms with Crippen molar-refractivity contribution in [1.82, 2.24) is 10.3 Å². The fourth-order valence-corrected chi connectivity index (χ4v) is 2.14. The van der Waals surface area contributed by atoms with Crippen molar-refractivity contribution in [2.75, 3.05) is 6.54 Å². The number of allylic oxidation sites excluding steroid dienone is 2. The Hall–Kier alpha value is -1.15. The zero-order valence-corrected chi connectivity index (χ0v) is 9.89. The second-order valence-corrected chi connectivity index (χ2v) is 4.57. The molecule has 16 heavy (non-hydrogen) atoms. The van der Waals surface area contributed by atoms with Crippen molar-refractivity contribution in [1.29, 1.82) is 0 Å². The van der Waals surface area contributed by atoms with Gasteiger partial charge < -0.3 is 5.32 Å². The molecule has 0 bridgehead atoms. The van der Waals surface area contributed by atoms with Crippen LogP contribution in [0.5, 0.6) is 0 Å². The van der Waals surface area contributed by atoms with Crippen LogP contribution in [0.2, 0.25) is 0 Å². The molecule has 0 amide bonds. The monoisotopic (exact) mass is 216 g/mol. The lowest BCUT2D eigenvalue weighted by Gasteiger charge is -2.21. The number of hydrogen-bond donors (Lipinski definition) is 1. The topological polar surface area (TPSA) is 24.9 Å². The molecule has 1 N–H and O–H groups in total. The summed E-state index contributed by atoms with van der Waals surface area (Å²) in [6, 6.07) is 4.53. The van der Waals surface area contributed by atoms with Crippen LogP contribution in [-0.4, -0.2) is 11.5 Å². The van der Waals surface area contributed by atoms with Crippen molar-refractivity contribution < 1.29 is 0 Å². The highest BCUT2D eigenvalue weighted by Gasteiger charge is 2.11. The molecule has 0 aromatic carbocycles. The summed E-state index contributed by atoms with van der Waals surface area (Å²) in [5, 5.41) is 3.59. The van der Waals surface area contributed by atoms with Crippen molar-refractivity contribution in [2.45, 2.75) is 32.2 Å². The van der Waals surface area contributed by atoms with Gasteiger partial charge in [0.15, 0.2) is 0 Å². The maximum atomic E-state index is 4.15. The maximum absolute atomic E-state index is 4.15. The molecule has 0 saturated heterocycles. The van der Waals surface area contributed by atoms with E-state index < -0.39 is 0 Å². The molecule has 1 aliphatic carbocycles. The summed E-state index contributed by atoms with van der Waals surface area (Å²) < 4.78 is 0. The van der Waals surface area contributed by atoms with E-state index in [-0.39, 0.29) is 0 Å². The molecule has 2 atom stereocenters. The lowest BCUT2D eigenvalue weighted by atomic mass is 9.94. The highest BCUT2D eigenvalue weighted by molar-refractivity contribution is 5.12. The lowest BCUT2D eigenvalue weighted by molar-refractivity contribution is 0.415. The molecule has 0 aliphatic heterocycles. The van der Waals surface area contributed by atoms with Crippen LogP contribution < -0.4 is 5.32 Å². The fourth-order valence-electron chi connectivity index (χ4n) is 2.14. The summed E-state index contributed by atoms with van der Waals surface area (Å²) in [6.45, 7) is 3.32. The Labute approximate surface area is 97.8 Å². The van der Waals surface area contributed by atoms with Gasteiger partial charge in [-0.1, -0.05) is 18.2 Å². The Kier molecular flexibility index (Phi) is 4.11. The SMILES string of the molecule is C[C@@H](NCC1CC=CCC1)c1cccnc1. The van der Waals surface area contributed by atoms with E-state index in [9.17, 15) is 0 Å². The average molecular weight is 216 g/mol. The van der Waals surface area contributed by atoms with Crippen LogP contribution in [0.15, 0.2) is 36.7 Å². The molecule has 0 fully saturated rings. The molecule has 1 unspecified atom stereocenters. The number of aromatic nitrogens is 1. The first-order chi connectivity index (χ1) is 7.86. The van der Waals surface area contributed by atoms with Crippen LogP contribution in [-0.2, 0) is 0 Å². The zero-order valence-electron chi connectivity index (χ0n) is 9.89. The van der Waals surface area contributed by atoms with E-state index in [1.54, 1.807) is 0 Å². The molecule has 2 heteroatoms. The number of nitrogens with zero attached hydrogens (tertiary/aromatic N) is 1. The minimum Gasteiger partial charge on any atom is -0.310 e. The molecule has 1 aliphatic rings. The molecule has 86 valence electrons. The Balaban J connectivity index is 1.79. The normalized spacial score (nSPS) is 21.9. The maximum Gasteiger partial charge on any atom is 0.0315 e. The van der Waals surface area contributed by atoms with Gasteiger partial charge in [-0.15, -0.1) is 0 Å². The van der Waals surface area contributed by atoms with Gasteiger partial charge in [0.1, 0.15) is 0 Å². The molecule has 1 heterocycles. The van der Waals surface area contributed by atoms with Gasteiger partial charge in [0, 0.05) is 18.4 Å². The predicted octanol–water partition coefficient (Wildman–Crippen LogP) is 3.09. The summed E-state index contributed by atoms with van der Waals surface area (Å²) in [5.74, 6) is 0.809. The molecular weight excluding hydrogens is 196 g/mol. The summed E-state index contributed by atoms with van der Waals surface area (Å²) in [4.78, 5) is 4.15. The number of nitrogens with one attached hydrogen (secondary N) is 1. The van der Waals surface area contributed by atoms with E-state index in [0.717, 1.165) is 12.5 Å². The Morgan fingerprint density at radius 1 is 1.50 bits per heavy atom. The van der Waals surface area contributed by atoms with Gasteiger partial charge in [-0.3, -0.25) is 4.98 Å². The first-order valence-corrected chi connectivity index (χ1v) is 6.14. The van der Waals surface area contributed by atoms with Crippen molar-refractivity contribution in [3.05, 3.63) is 42.2 Å². The molecule has 0 saturated carbocycles. The van der Waals surface area contributed by atoms with Crippen LogP contribution in [0, 0.1) is 5.92 Å². The second kappa shape index (κ2) is 5.80. The highest BCUT2D eigenvalue weighted by atomic mass is 14.9. The Morgan fingerprint density at radius 3 is 3.12 bits per heavy atom. The molecule has 2 nitrogen and oxygen atoms in total. The standard InChI is InChI=1S/C14H20N2/c1-12(14-8-5-9-15-11-14)16-10-13-6-3-2-4-7-13/h2-3,5,8-9,11-13,16H,4,6-7,10H2,1H3/t12-,13?/m1/s1. The van der Waals surface area contributed by atoms with Crippen LogP contribution in [0.4, 0.5) is 0 Å². The Bertz CT molecular complexity index is 332. The molecular formula is C14H20N2. The lowest BCUT2D eigenvalue weighted by Crippen LogP contribution is -2.26. The van der Waals surface area contributed by atoms with E-state index in [0.29, 0.717) is 6.04 Å². The van der Waals surface area contributed by atoms with Crippen molar-refractivity contribution >= 4 is 0 Å². The van der Waals surface area contributed by atoms with Gasteiger partial charge in [0.25, 0.3) is 0 Å². The van der Waals surface area contributed by atoms with Gasteiger partial charge in [-0.2, -0.15) is 0 Å². The van der Waals surface area contributed by atoms with Crippen molar-refractivity contribution in [3.8, 4) is 0 Å². The van der Waals surface area contributed by atoms with E-state index in [2.05, 4.69) is 35.4 Å². The molecule has 0 spiro atoms. The van der Waals surface area contributed by atoms with Gasteiger partial charge in [0.05, 0.1) is 0 Å². The number of pyridine rings is 1. The summed E-state index contributed by atoms with van der Waals surface area (Å²) in [5.41, 5.74) is 1.27. The summed E-state index contributed by atoms with van der Waals surface area (Å²) >= 11 is 0. The highest BCUT2D eigenvalue weighted by Crippen LogP contribution is 2.18. The minimum atomic E-state index is 0.402. The van der Waals surface area contributed by atoms with Crippen LogP contribution >= 0.6 is 0 Å². The molecule has 2 rings (SSSR count). The Morgan fingerprint density at radius 2 is 2.44 bits per heavy atom. The van der Waals surface area contributed by atoms with E-state index in [4.69, 9.17) is 0 Å². The van der Waals surface area contributed by atoms with Crippen molar-refractivity contribution in [2.24, 2.45) is 5.92 Å². The summed E-state index contributed by atoms with van der Waals surface area (Å²) in [6.07, 6.45) is 12.2. The third-order valence-electron chi connectivity index (χ3n) is 3.27. The zero-order chi connectivity index (χ0) is 11.2. The molecule has 1 aromatic rings. The van der Waals surface area contributed by atoms with Crippen LogP contribution in [0.25, 0.3) is 0 Å². The smallest absolute Gasteiger partial charge is 0.0315 e. The fraction of sp³-hybridized carbons (Fsp3) is 0.500. The molecule has 0 radical (unpaired) electrons. The second-order valence-electron chi connectivity index (χ2n) is 4.57. The number of hydrogen-bond acceptors (Lipinski definition) is 2. The van der Waals surface area contributed by atoms with Gasteiger partial charge in [-0.05, 0) is 50.3 Å². The van der Waals surface area contributed by atoms with Crippen LogP contribution in [0.3, 0.4) is 0 Å². The molecule has 1 aromatic heterocycles. The first-order valence-electron chi connectivity index (χ1n) is 6.14. The van der Waals surface area contributed by atoms with Gasteiger partial charge in [-0.25, -0.2) is 0 Å². The van der Waals surface area contributed by atoms with E-state index >= 15 is 0 Å². The first kappa shape index (κ1) is 11.3. The third-order valence-corrected chi connectivity index (χ3v) is 3.27.